The summed E-state index contributed by atoms with van der Waals surface area (Å²) in [7, 11) is 1.62. The molecule has 1 N–H and O–H groups in total. The van der Waals surface area contributed by atoms with E-state index in [0.717, 1.165) is 16.2 Å². The first kappa shape index (κ1) is 17.3. The summed E-state index contributed by atoms with van der Waals surface area (Å²) in [5.74, 6) is 1.15. The van der Waals surface area contributed by atoms with Gasteiger partial charge in [-0.2, -0.15) is 0 Å². The van der Waals surface area contributed by atoms with Gasteiger partial charge in [0.1, 0.15) is 11.6 Å². The minimum atomic E-state index is -0.252. The van der Waals surface area contributed by atoms with Crippen molar-refractivity contribution in [3.63, 3.8) is 0 Å². The molecule has 1 unspecified atom stereocenters. The molecule has 0 saturated heterocycles. The molecule has 1 amide bonds. The Bertz CT molecular complexity index is 646. The summed E-state index contributed by atoms with van der Waals surface area (Å²) in [5, 5.41) is 2.97. The van der Waals surface area contributed by atoms with Gasteiger partial charge in [-0.1, -0.05) is 18.2 Å². The normalized spacial score (nSPS) is 11.8. The first-order chi connectivity index (χ1) is 11.1. The highest BCUT2D eigenvalue weighted by molar-refractivity contribution is 7.99. The maximum absolute atomic E-state index is 12.8. The van der Waals surface area contributed by atoms with Crippen molar-refractivity contribution >= 4 is 17.7 Å². The fourth-order valence-corrected chi connectivity index (χ4v) is 3.06. The van der Waals surface area contributed by atoms with E-state index in [1.165, 1.54) is 23.9 Å². The predicted molar refractivity (Wildman–Crippen MR) is 91.3 cm³/mol. The molecule has 2 aromatic rings. The van der Waals surface area contributed by atoms with E-state index in [4.69, 9.17) is 4.74 Å². The van der Waals surface area contributed by atoms with Crippen molar-refractivity contribution in [2.45, 2.75) is 24.3 Å². The maximum Gasteiger partial charge on any atom is 0.221 e. The number of para-hydroxylation sites is 1. The van der Waals surface area contributed by atoms with Crippen LogP contribution in [0.15, 0.2) is 53.4 Å². The van der Waals surface area contributed by atoms with E-state index >= 15 is 0 Å². The number of amides is 1. The number of ether oxygens (including phenoxy) is 1. The topological polar surface area (TPSA) is 38.3 Å². The molecule has 5 heteroatoms. The van der Waals surface area contributed by atoms with Crippen LogP contribution in [0.5, 0.6) is 5.75 Å². The zero-order chi connectivity index (χ0) is 16.7. The maximum atomic E-state index is 12.8. The van der Waals surface area contributed by atoms with Gasteiger partial charge in [-0.15, -0.1) is 11.8 Å². The smallest absolute Gasteiger partial charge is 0.221 e. The van der Waals surface area contributed by atoms with Crippen molar-refractivity contribution < 1.29 is 13.9 Å². The molecule has 2 rings (SSSR count). The fraction of sp³-hybridized carbons (Fsp3) is 0.278. The molecule has 23 heavy (non-hydrogen) atoms. The molecule has 0 bridgehead atoms. The summed E-state index contributed by atoms with van der Waals surface area (Å²) in [5.41, 5.74) is 0.953. The van der Waals surface area contributed by atoms with Crippen molar-refractivity contribution in [3.05, 3.63) is 59.9 Å². The van der Waals surface area contributed by atoms with Crippen molar-refractivity contribution in [1.82, 2.24) is 5.32 Å². The number of hydrogen-bond acceptors (Lipinski definition) is 3. The predicted octanol–water partition coefficient (Wildman–Crippen LogP) is 4.19. The van der Waals surface area contributed by atoms with Gasteiger partial charge < -0.3 is 10.1 Å². The Balaban J connectivity index is 1.81. The Morgan fingerprint density at radius 2 is 1.91 bits per heavy atom. The van der Waals surface area contributed by atoms with Crippen molar-refractivity contribution in [3.8, 4) is 5.75 Å². The van der Waals surface area contributed by atoms with Crippen LogP contribution in [0.1, 0.15) is 24.9 Å². The van der Waals surface area contributed by atoms with Gasteiger partial charge in [0.05, 0.1) is 13.2 Å². The lowest BCUT2D eigenvalue weighted by Gasteiger charge is -2.17. The number of hydrogen-bond donors (Lipinski definition) is 1. The lowest BCUT2D eigenvalue weighted by molar-refractivity contribution is -0.121. The lowest BCUT2D eigenvalue weighted by atomic mass is 10.1. The molecule has 0 aromatic heterocycles. The standard InChI is InChI=1S/C18H20FNO2S/c1-13(16-5-3-4-6-17(16)22-2)20-18(21)11-12-23-15-9-7-14(19)8-10-15/h3-10,13H,11-12H2,1-2H3,(H,20,21). The Labute approximate surface area is 140 Å². The summed E-state index contributed by atoms with van der Waals surface area (Å²) in [6, 6.07) is 13.8. The van der Waals surface area contributed by atoms with E-state index in [0.29, 0.717) is 12.2 Å². The quantitative estimate of drug-likeness (QED) is 0.772. The van der Waals surface area contributed by atoms with Gasteiger partial charge >= 0.3 is 0 Å². The summed E-state index contributed by atoms with van der Waals surface area (Å²) < 4.78 is 18.1. The van der Waals surface area contributed by atoms with Crippen LogP contribution in [0.2, 0.25) is 0 Å². The van der Waals surface area contributed by atoms with Gasteiger partial charge in [-0.25, -0.2) is 4.39 Å². The fourth-order valence-electron chi connectivity index (χ4n) is 2.21. The minimum absolute atomic E-state index is 0.0157. The molecule has 0 radical (unpaired) electrons. The molecule has 0 fully saturated rings. The van der Waals surface area contributed by atoms with Gasteiger partial charge in [-0.3, -0.25) is 4.79 Å². The van der Waals surface area contributed by atoms with Crippen LogP contribution in [0.3, 0.4) is 0 Å². The Kier molecular flexibility index (Phi) is 6.47. The Morgan fingerprint density at radius 3 is 2.61 bits per heavy atom. The number of methoxy groups -OCH3 is 1. The van der Waals surface area contributed by atoms with Crippen LogP contribution >= 0.6 is 11.8 Å². The highest BCUT2D eigenvalue weighted by Gasteiger charge is 2.13. The van der Waals surface area contributed by atoms with Crippen molar-refractivity contribution in [2.75, 3.05) is 12.9 Å². The molecule has 0 aliphatic heterocycles. The number of carbonyl (C=O) groups excluding carboxylic acids is 1. The molecule has 1 atom stereocenters. The number of thioether (sulfide) groups is 1. The highest BCUT2D eigenvalue weighted by Crippen LogP contribution is 2.24. The zero-order valence-corrected chi connectivity index (χ0v) is 14.0. The lowest BCUT2D eigenvalue weighted by Crippen LogP contribution is -2.27. The van der Waals surface area contributed by atoms with E-state index in [-0.39, 0.29) is 17.8 Å². The largest absolute Gasteiger partial charge is 0.496 e. The van der Waals surface area contributed by atoms with Crippen LogP contribution in [0.25, 0.3) is 0 Å². The van der Waals surface area contributed by atoms with E-state index in [1.807, 2.05) is 31.2 Å². The molecule has 0 aliphatic carbocycles. The monoisotopic (exact) mass is 333 g/mol. The Hall–Kier alpha value is -2.01. The summed E-state index contributed by atoms with van der Waals surface area (Å²) >= 11 is 1.54. The van der Waals surface area contributed by atoms with E-state index in [1.54, 1.807) is 19.2 Å². The first-order valence-electron chi connectivity index (χ1n) is 7.41. The van der Waals surface area contributed by atoms with Crippen LogP contribution < -0.4 is 10.1 Å². The molecular formula is C18H20FNO2S. The summed E-state index contributed by atoms with van der Waals surface area (Å²) in [6.07, 6.45) is 0.404. The number of carbonyl (C=O) groups is 1. The second kappa shape index (κ2) is 8.58. The average molecular weight is 333 g/mol. The molecule has 0 heterocycles. The first-order valence-corrected chi connectivity index (χ1v) is 8.39. The van der Waals surface area contributed by atoms with E-state index < -0.39 is 0 Å². The molecule has 0 aliphatic rings. The number of rotatable bonds is 7. The SMILES string of the molecule is COc1ccccc1C(C)NC(=O)CCSc1ccc(F)cc1. The van der Waals surface area contributed by atoms with Gasteiger partial charge in [0.25, 0.3) is 0 Å². The third-order valence-corrected chi connectivity index (χ3v) is 4.41. The van der Waals surface area contributed by atoms with Crippen molar-refractivity contribution in [2.24, 2.45) is 0 Å². The third kappa shape index (κ3) is 5.28. The third-order valence-electron chi connectivity index (χ3n) is 3.39. The molecular weight excluding hydrogens is 313 g/mol. The van der Waals surface area contributed by atoms with Gasteiger partial charge in [0.2, 0.25) is 5.91 Å². The summed E-state index contributed by atoms with van der Waals surface area (Å²) in [4.78, 5) is 13.0. The molecule has 3 nitrogen and oxygen atoms in total. The molecule has 0 spiro atoms. The van der Waals surface area contributed by atoms with E-state index in [9.17, 15) is 9.18 Å². The van der Waals surface area contributed by atoms with Crippen LogP contribution in [-0.2, 0) is 4.79 Å². The highest BCUT2D eigenvalue weighted by atomic mass is 32.2. The molecule has 0 saturated carbocycles. The van der Waals surface area contributed by atoms with Crippen LogP contribution in [0, 0.1) is 5.82 Å². The van der Waals surface area contributed by atoms with Crippen LogP contribution in [-0.4, -0.2) is 18.8 Å². The van der Waals surface area contributed by atoms with Gasteiger partial charge in [-0.05, 0) is 37.3 Å². The van der Waals surface area contributed by atoms with Gasteiger partial charge in [0.15, 0.2) is 0 Å². The average Bonchev–Trinajstić information content (AvgIpc) is 2.56. The van der Waals surface area contributed by atoms with E-state index in [2.05, 4.69) is 5.32 Å². The second-order valence-electron chi connectivity index (χ2n) is 5.08. The van der Waals surface area contributed by atoms with Crippen LogP contribution in [0.4, 0.5) is 4.39 Å². The number of benzene rings is 2. The minimum Gasteiger partial charge on any atom is -0.496 e. The Morgan fingerprint density at radius 1 is 1.22 bits per heavy atom. The number of halogens is 1. The molecule has 122 valence electrons. The van der Waals surface area contributed by atoms with Gasteiger partial charge in [0, 0.05) is 22.6 Å². The molecule has 2 aromatic carbocycles. The second-order valence-corrected chi connectivity index (χ2v) is 6.25. The number of nitrogens with one attached hydrogen (secondary N) is 1. The zero-order valence-electron chi connectivity index (χ0n) is 13.2. The van der Waals surface area contributed by atoms with Crippen molar-refractivity contribution in [1.29, 1.82) is 0 Å². The summed E-state index contributed by atoms with van der Waals surface area (Å²) in [6.45, 7) is 1.93.